The number of rotatable bonds is 8. The lowest BCUT2D eigenvalue weighted by molar-refractivity contribution is -0.112. The van der Waals surface area contributed by atoms with Gasteiger partial charge < -0.3 is 15.2 Å². The highest BCUT2D eigenvalue weighted by molar-refractivity contribution is 7.57. The Hall–Kier alpha value is -2.83. The van der Waals surface area contributed by atoms with Crippen LogP contribution in [-0.2, 0) is 4.79 Å². The molecule has 0 saturated carbocycles. The average molecular weight is 473 g/mol. The maximum atomic E-state index is 14.0. The van der Waals surface area contributed by atoms with Crippen molar-refractivity contribution in [2.24, 2.45) is 0 Å². The van der Waals surface area contributed by atoms with Crippen molar-refractivity contribution in [1.82, 2.24) is 15.2 Å². The molecule has 1 aromatic carbocycles. The van der Waals surface area contributed by atoms with E-state index in [9.17, 15) is 18.8 Å². The van der Waals surface area contributed by atoms with E-state index in [1.165, 1.54) is 18.2 Å². The van der Waals surface area contributed by atoms with Crippen molar-refractivity contribution in [3.8, 4) is 0 Å². The molecule has 1 unspecified atom stereocenters. The highest BCUT2D eigenvalue weighted by Gasteiger charge is 2.36. The summed E-state index contributed by atoms with van der Waals surface area (Å²) in [5.41, 5.74) is 3.09. The molecule has 1 aliphatic heterocycles. The third-order valence-corrected chi connectivity index (χ3v) is 6.59. The van der Waals surface area contributed by atoms with E-state index in [4.69, 9.17) is 0 Å². The topological polar surface area (TPSA) is 85.5 Å². The first-order valence-electron chi connectivity index (χ1n) is 11.0. The number of imide groups is 1. The fraction of sp³-hybridized carbons (Fsp3) is 0.375. The SMILES string of the molecule is CCN(CC)CCNC(=O)c1c(C)[nH]c(/C=C2\C(=O)N(C(=O)PC)c3ccc(F)cc32)c1C. The zero-order valence-electron chi connectivity index (χ0n) is 19.6. The molecule has 0 aliphatic carbocycles. The number of fused-ring (bicyclic) bond motifs is 1. The van der Waals surface area contributed by atoms with E-state index in [0.29, 0.717) is 40.3 Å². The summed E-state index contributed by atoms with van der Waals surface area (Å²) in [7, 11) is -0.107. The summed E-state index contributed by atoms with van der Waals surface area (Å²) >= 11 is 0. The Kier molecular flexibility index (Phi) is 7.82. The molecular formula is C24H30FN4O3P. The van der Waals surface area contributed by atoms with Gasteiger partial charge in [0.05, 0.1) is 16.8 Å². The lowest BCUT2D eigenvalue weighted by Gasteiger charge is -2.18. The van der Waals surface area contributed by atoms with E-state index >= 15 is 0 Å². The number of carbonyl (C=O) groups is 3. The molecule has 3 rings (SSSR count). The molecule has 176 valence electrons. The number of nitrogens with zero attached hydrogens (tertiary/aromatic N) is 2. The van der Waals surface area contributed by atoms with E-state index in [1.54, 1.807) is 26.6 Å². The minimum Gasteiger partial charge on any atom is -0.358 e. The van der Waals surface area contributed by atoms with Crippen molar-refractivity contribution in [3.05, 3.63) is 52.1 Å². The minimum absolute atomic E-state index is 0.107. The van der Waals surface area contributed by atoms with Gasteiger partial charge in [0.2, 0.25) is 0 Å². The predicted molar refractivity (Wildman–Crippen MR) is 132 cm³/mol. The Bertz CT molecular complexity index is 1120. The highest BCUT2D eigenvalue weighted by Crippen LogP contribution is 2.40. The number of amides is 3. The number of benzene rings is 1. The molecule has 2 heterocycles. The number of anilines is 1. The van der Waals surface area contributed by atoms with Crippen LogP contribution in [0.25, 0.3) is 11.6 Å². The van der Waals surface area contributed by atoms with Crippen molar-refractivity contribution in [2.75, 3.05) is 37.7 Å². The Labute approximate surface area is 195 Å². The number of hydrogen-bond donors (Lipinski definition) is 2. The van der Waals surface area contributed by atoms with Crippen molar-refractivity contribution in [1.29, 1.82) is 0 Å². The summed E-state index contributed by atoms with van der Waals surface area (Å²) in [5, 5.41) is 2.96. The first-order chi connectivity index (χ1) is 15.7. The van der Waals surface area contributed by atoms with E-state index in [0.717, 1.165) is 24.5 Å². The van der Waals surface area contributed by atoms with Crippen LogP contribution in [0.15, 0.2) is 18.2 Å². The summed E-state index contributed by atoms with van der Waals surface area (Å²) in [5.74, 6) is -1.17. The molecule has 0 spiro atoms. The van der Waals surface area contributed by atoms with E-state index < -0.39 is 11.7 Å². The van der Waals surface area contributed by atoms with Gasteiger partial charge in [-0.2, -0.15) is 0 Å². The number of halogens is 1. The number of nitrogens with one attached hydrogen (secondary N) is 2. The summed E-state index contributed by atoms with van der Waals surface area (Å²) in [6.45, 7) is 12.6. The number of H-pyrrole nitrogens is 1. The minimum atomic E-state index is -0.494. The van der Waals surface area contributed by atoms with Gasteiger partial charge in [0, 0.05) is 30.0 Å². The van der Waals surface area contributed by atoms with E-state index in [-0.39, 0.29) is 25.7 Å². The standard InChI is InChI=1S/C24H30FN4O3P/c1-6-28(7-2)11-10-26-22(30)21-14(3)19(27-15(21)4)13-18-17-12-16(25)8-9-20(17)29(23(18)31)24(32)33-5/h8-9,12-13,27,33H,6-7,10-11H2,1-5H3,(H,26,30)/b18-13-. The van der Waals surface area contributed by atoms with Gasteiger partial charge in [-0.3, -0.25) is 14.4 Å². The molecule has 33 heavy (non-hydrogen) atoms. The highest BCUT2D eigenvalue weighted by atomic mass is 31.1. The summed E-state index contributed by atoms with van der Waals surface area (Å²) < 4.78 is 14.0. The predicted octanol–water partition coefficient (Wildman–Crippen LogP) is 4.16. The molecule has 0 bridgehead atoms. The molecule has 1 aliphatic rings. The molecule has 0 radical (unpaired) electrons. The van der Waals surface area contributed by atoms with Gasteiger partial charge in [-0.15, -0.1) is 0 Å². The molecular weight excluding hydrogens is 442 g/mol. The second kappa shape index (κ2) is 10.4. The van der Waals surface area contributed by atoms with Crippen LogP contribution < -0.4 is 10.2 Å². The molecule has 9 heteroatoms. The molecule has 0 fully saturated rings. The largest absolute Gasteiger partial charge is 0.358 e. The van der Waals surface area contributed by atoms with Gasteiger partial charge in [0.1, 0.15) is 5.82 Å². The summed E-state index contributed by atoms with van der Waals surface area (Å²) in [6, 6.07) is 3.94. The lowest BCUT2D eigenvalue weighted by Crippen LogP contribution is -2.35. The van der Waals surface area contributed by atoms with Crippen LogP contribution in [0.5, 0.6) is 0 Å². The first kappa shape index (κ1) is 24.8. The number of aromatic amines is 1. The van der Waals surface area contributed by atoms with Gasteiger partial charge in [0.25, 0.3) is 17.5 Å². The zero-order valence-corrected chi connectivity index (χ0v) is 20.6. The molecule has 0 saturated heterocycles. The number of aromatic nitrogens is 1. The Morgan fingerprint density at radius 1 is 1.24 bits per heavy atom. The molecule has 7 nitrogen and oxygen atoms in total. The van der Waals surface area contributed by atoms with Crippen molar-refractivity contribution in [2.45, 2.75) is 27.7 Å². The van der Waals surface area contributed by atoms with Crippen LogP contribution in [0.4, 0.5) is 14.9 Å². The fourth-order valence-electron chi connectivity index (χ4n) is 4.08. The maximum absolute atomic E-state index is 14.0. The second-order valence-corrected chi connectivity index (χ2v) is 8.79. The maximum Gasteiger partial charge on any atom is 0.266 e. The van der Waals surface area contributed by atoms with Gasteiger partial charge in [-0.25, -0.2) is 9.29 Å². The Morgan fingerprint density at radius 3 is 2.58 bits per heavy atom. The smallest absolute Gasteiger partial charge is 0.266 e. The third-order valence-electron chi connectivity index (χ3n) is 5.94. The van der Waals surface area contributed by atoms with Gasteiger partial charge >= 0.3 is 0 Å². The van der Waals surface area contributed by atoms with Crippen LogP contribution >= 0.6 is 8.58 Å². The van der Waals surface area contributed by atoms with Gasteiger partial charge in [0.15, 0.2) is 0 Å². The Morgan fingerprint density at radius 2 is 1.94 bits per heavy atom. The van der Waals surface area contributed by atoms with Crippen LogP contribution in [0.1, 0.15) is 46.7 Å². The Balaban J connectivity index is 1.93. The van der Waals surface area contributed by atoms with Crippen LogP contribution in [0.3, 0.4) is 0 Å². The van der Waals surface area contributed by atoms with E-state index in [2.05, 4.69) is 29.0 Å². The molecule has 2 aromatic rings. The molecule has 3 amide bonds. The van der Waals surface area contributed by atoms with Crippen LogP contribution in [0, 0.1) is 19.7 Å². The molecule has 1 atom stereocenters. The summed E-state index contributed by atoms with van der Waals surface area (Å²) in [6.07, 6.45) is 1.60. The first-order valence-corrected chi connectivity index (χ1v) is 12.5. The number of carbonyl (C=O) groups excluding carboxylic acids is 3. The quantitative estimate of drug-likeness (QED) is 0.446. The van der Waals surface area contributed by atoms with Crippen LogP contribution in [-0.4, -0.2) is 60.2 Å². The number of hydrogen-bond acceptors (Lipinski definition) is 4. The average Bonchev–Trinajstić information content (AvgIpc) is 3.22. The second-order valence-electron chi connectivity index (χ2n) is 7.86. The van der Waals surface area contributed by atoms with Crippen molar-refractivity contribution in [3.63, 3.8) is 0 Å². The molecule has 2 N–H and O–H groups in total. The van der Waals surface area contributed by atoms with Gasteiger partial charge in [-0.05, 0) is 72.0 Å². The van der Waals surface area contributed by atoms with E-state index in [1.807, 2.05) is 0 Å². The van der Waals surface area contributed by atoms with Crippen LogP contribution in [0.2, 0.25) is 0 Å². The fourth-order valence-corrected chi connectivity index (χ4v) is 4.52. The van der Waals surface area contributed by atoms with Gasteiger partial charge in [-0.1, -0.05) is 13.8 Å². The zero-order chi connectivity index (χ0) is 24.3. The van der Waals surface area contributed by atoms with Crippen molar-refractivity contribution >= 4 is 43.4 Å². The normalized spacial score (nSPS) is 14.7. The summed E-state index contributed by atoms with van der Waals surface area (Å²) in [4.78, 5) is 44.8. The number of aryl methyl sites for hydroxylation is 1. The monoisotopic (exact) mass is 472 g/mol. The number of likely N-dealkylation sites (N-methyl/N-ethyl adjacent to an activating group) is 1. The van der Waals surface area contributed by atoms with Crippen molar-refractivity contribution < 1.29 is 18.8 Å². The molecule has 1 aromatic heterocycles. The lowest BCUT2D eigenvalue weighted by atomic mass is 10.0. The third kappa shape index (κ3) is 4.92.